The molecule has 0 bridgehead atoms. The van der Waals surface area contributed by atoms with E-state index >= 15 is 0 Å². The lowest BCUT2D eigenvalue weighted by Crippen LogP contribution is -2.68. The van der Waals surface area contributed by atoms with Gasteiger partial charge in [0.2, 0.25) is 0 Å². The molecule has 0 fully saturated rings. The Morgan fingerprint density at radius 1 is 0.571 bits per heavy atom. The second kappa shape index (κ2) is 9.10. The first kappa shape index (κ1) is 33.5. The number of aliphatic hydroxyl groups excluding tert-OH is 1. The maximum Gasteiger partial charge on any atom is 0.458 e. The third-order valence-corrected chi connectivity index (χ3v) is 3.51. The Hall–Kier alpha value is -1.52. The van der Waals surface area contributed by atoms with Crippen LogP contribution < -0.4 is 0 Å². The average molecular weight is 578 g/mol. The summed E-state index contributed by atoms with van der Waals surface area (Å²) in [6, 6.07) is 0. The van der Waals surface area contributed by atoms with Crippen molar-refractivity contribution in [3.8, 4) is 0 Å². The van der Waals surface area contributed by atoms with Gasteiger partial charge in [0.1, 0.15) is 6.61 Å². The first-order valence-electron chi connectivity index (χ1n) is 7.60. The van der Waals surface area contributed by atoms with E-state index in [4.69, 9.17) is 5.11 Å². The summed E-state index contributed by atoms with van der Waals surface area (Å²) in [4.78, 5) is 0. The van der Waals surface area contributed by atoms with Gasteiger partial charge in [0.15, 0.2) is 6.17 Å². The smallest absolute Gasteiger partial charge is 0.390 e. The molecular formula is C12H6F20O3. The Bertz CT molecular complexity index is 724. The third-order valence-electron chi connectivity index (χ3n) is 3.51. The van der Waals surface area contributed by atoms with Crippen molar-refractivity contribution in [3.05, 3.63) is 0 Å². The summed E-state index contributed by atoms with van der Waals surface area (Å²) in [6.45, 7) is -3.47. The van der Waals surface area contributed by atoms with E-state index in [1.165, 1.54) is 4.74 Å². The molecule has 0 aliphatic carbocycles. The van der Waals surface area contributed by atoms with E-state index in [1.54, 1.807) is 4.74 Å². The lowest BCUT2D eigenvalue weighted by Gasteiger charge is -2.41. The van der Waals surface area contributed by atoms with Crippen molar-refractivity contribution in [2.45, 2.75) is 66.9 Å². The Kier molecular flexibility index (Phi) is 8.70. The minimum atomic E-state index is -8.13. The van der Waals surface area contributed by atoms with E-state index < -0.39 is 73.5 Å². The topological polar surface area (TPSA) is 38.7 Å². The van der Waals surface area contributed by atoms with Crippen LogP contribution in [0, 0.1) is 0 Å². The predicted octanol–water partition coefficient (Wildman–Crippen LogP) is 6.21. The van der Waals surface area contributed by atoms with Crippen molar-refractivity contribution in [1.82, 2.24) is 0 Å². The lowest BCUT2D eigenvalue weighted by molar-refractivity contribution is -0.550. The van der Waals surface area contributed by atoms with Crippen molar-refractivity contribution in [1.29, 1.82) is 0 Å². The van der Waals surface area contributed by atoms with E-state index in [-0.39, 0.29) is 0 Å². The van der Waals surface area contributed by atoms with Crippen molar-refractivity contribution in [2.75, 3.05) is 6.61 Å². The highest BCUT2D eigenvalue weighted by molar-refractivity contribution is 5.00. The molecule has 0 aliphatic rings. The third kappa shape index (κ3) is 6.25. The quantitative estimate of drug-likeness (QED) is 0.314. The summed E-state index contributed by atoms with van der Waals surface area (Å²) in [7, 11) is 0. The summed E-state index contributed by atoms with van der Waals surface area (Å²) in [6.07, 6.45) is -46.4. The van der Waals surface area contributed by atoms with Gasteiger partial charge >= 0.3 is 54.3 Å². The largest absolute Gasteiger partial charge is 0.458 e. The van der Waals surface area contributed by atoms with Gasteiger partial charge in [0.05, 0.1) is 6.42 Å². The average Bonchev–Trinajstić information content (AvgIpc) is 2.56. The van der Waals surface area contributed by atoms with E-state index in [0.29, 0.717) is 0 Å². The van der Waals surface area contributed by atoms with Crippen LogP contribution in [0.1, 0.15) is 6.42 Å². The Morgan fingerprint density at radius 3 is 1.26 bits per heavy atom. The predicted molar refractivity (Wildman–Crippen MR) is 64.4 cm³/mol. The fourth-order valence-electron chi connectivity index (χ4n) is 1.69. The van der Waals surface area contributed by atoms with Crippen LogP contribution >= 0.6 is 0 Å². The number of ether oxygens (including phenoxy) is 2. The van der Waals surface area contributed by atoms with E-state index in [1.807, 2.05) is 0 Å². The molecular weight excluding hydrogens is 572 g/mol. The Balaban J connectivity index is 6.63. The molecule has 0 heterocycles. The molecule has 0 aromatic rings. The number of alkyl halides is 20. The van der Waals surface area contributed by atoms with Gasteiger partial charge in [-0.3, -0.25) is 9.47 Å². The number of aliphatic hydroxyl groups is 1. The zero-order valence-electron chi connectivity index (χ0n) is 15.3. The zero-order valence-corrected chi connectivity index (χ0v) is 15.3. The summed E-state index contributed by atoms with van der Waals surface area (Å²) >= 11 is 0. The molecule has 0 aromatic heterocycles. The van der Waals surface area contributed by atoms with Gasteiger partial charge in [-0.05, 0) is 0 Å². The molecule has 0 saturated heterocycles. The van der Waals surface area contributed by atoms with E-state index in [9.17, 15) is 87.8 Å². The van der Waals surface area contributed by atoms with Crippen molar-refractivity contribution in [3.63, 3.8) is 0 Å². The van der Waals surface area contributed by atoms with Crippen LogP contribution in [0.3, 0.4) is 0 Å². The van der Waals surface area contributed by atoms with Crippen LogP contribution in [0.4, 0.5) is 87.8 Å². The summed E-state index contributed by atoms with van der Waals surface area (Å²) in [5.41, 5.74) is 0. The van der Waals surface area contributed by atoms with Crippen LogP contribution in [0.2, 0.25) is 0 Å². The molecule has 212 valence electrons. The molecule has 0 aliphatic heterocycles. The minimum absolute atomic E-state index is 1.30. The molecule has 0 rings (SSSR count). The molecule has 1 N–H and O–H groups in total. The molecule has 0 spiro atoms. The van der Waals surface area contributed by atoms with Gasteiger partial charge in [0.25, 0.3) is 0 Å². The normalized spacial score (nSPS) is 19.8. The molecule has 0 aromatic carbocycles. The highest BCUT2D eigenvalue weighted by Crippen LogP contribution is 2.57. The monoisotopic (exact) mass is 578 g/mol. The molecule has 3 atom stereocenters. The van der Waals surface area contributed by atoms with Crippen molar-refractivity contribution < 1.29 is 102 Å². The second-order valence-corrected chi connectivity index (χ2v) is 6.20. The van der Waals surface area contributed by atoms with Crippen LogP contribution in [-0.4, -0.2) is 72.2 Å². The molecule has 3 unspecified atom stereocenters. The van der Waals surface area contributed by atoms with E-state index in [0.717, 1.165) is 0 Å². The fourth-order valence-corrected chi connectivity index (χ4v) is 1.69. The van der Waals surface area contributed by atoms with Gasteiger partial charge in [-0.25, -0.2) is 4.39 Å². The Morgan fingerprint density at radius 2 is 0.971 bits per heavy atom. The summed E-state index contributed by atoms with van der Waals surface area (Å²) < 4.78 is 261. The molecule has 3 nitrogen and oxygen atoms in total. The molecule has 35 heavy (non-hydrogen) atoms. The van der Waals surface area contributed by atoms with Gasteiger partial charge in [-0.15, -0.1) is 0 Å². The van der Waals surface area contributed by atoms with Gasteiger partial charge < -0.3 is 5.11 Å². The maximum absolute atomic E-state index is 13.8. The first-order valence-corrected chi connectivity index (χ1v) is 7.60. The van der Waals surface area contributed by atoms with Gasteiger partial charge in [-0.2, -0.15) is 83.4 Å². The van der Waals surface area contributed by atoms with Crippen LogP contribution in [-0.2, 0) is 9.47 Å². The van der Waals surface area contributed by atoms with Crippen LogP contribution in [0.15, 0.2) is 0 Å². The summed E-state index contributed by atoms with van der Waals surface area (Å²) in [5, 5.41) is 8.08. The van der Waals surface area contributed by atoms with Gasteiger partial charge in [0, 0.05) is 0 Å². The molecule has 0 saturated carbocycles. The maximum atomic E-state index is 13.8. The zero-order chi connectivity index (χ0) is 28.9. The highest BCUT2D eigenvalue weighted by Gasteiger charge is 2.85. The molecule has 0 amide bonds. The second-order valence-electron chi connectivity index (χ2n) is 6.20. The van der Waals surface area contributed by atoms with Crippen molar-refractivity contribution in [2.24, 2.45) is 0 Å². The SMILES string of the molecule is OCC(F)(OC(F)(F)C(F)(OC(F)(F)C(F)(F)C(F)(F)C(F)CC(F)(F)F)C(F)(F)F)C(F)(F)F. The number of halogens is 20. The molecule has 0 radical (unpaired) electrons. The number of hydrogen-bond donors (Lipinski definition) is 1. The van der Waals surface area contributed by atoms with E-state index in [2.05, 4.69) is 0 Å². The highest BCUT2D eigenvalue weighted by atomic mass is 19.4. The minimum Gasteiger partial charge on any atom is -0.390 e. The summed E-state index contributed by atoms with van der Waals surface area (Å²) in [5.74, 6) is -30.1. The Labute approximate surface area is 177 Å². The van der Waals surface area contributed by atoms with Crippen LogP contribution in [0.25, 0.3) is 0 Å². The lowest BCUT2D eigenvalue weighted by atomic mass is 10.0. The fraction of sp³-hybridized carbons (Fsp3) is 1.00. The first-order chi connectivity index (χ1) is 14.9. The standard InChI is InChI=1S/C12H6F20O3/c13-3(1-5(15,16)17)6(18,19)7(20,21)11(29,30)35-8(22,10(26,27)28)12(31,32)34-4(14,2-33)9(23,24)25/h3,33H,1-2H2. The van der Waals surface area contributed by atoms with Crippen LogP contribution in [0.5, 0.6) is 0 Å². The molecule has 23 heteroatoms. The number of rotatable bonds is 10. The number of hydrogen-bond acceptors (Lipinski definition) is 3. The van der Waals surface area contributed by atoms with Crippen molar-refractivity contribution >= 4 is 0 Å². The van der Waals surface area contributed by atoms with Gasteiger partial charge in [-0.1, -0.05) is 0 Å².